The minimum absolute atomic E-state index is 0.141. The Balaban J connectivity index is 1.52. The summed E-state index contributed by atoms with van der Waals surface area (Å²) in [7, 11) is -0.786. The Kier molecular flexibility index (Phi) is 7.51. The first-order valence-corrected chi connectivity index (χ1v) is 14.4. The van der Waals surface area contributed by atoms with Gasteiger partial charge in [0.15, 0.2) is 5.82 Å². The number of methoxy groups -OCH3 is 1. The average Bonchev–Trinajstić information content (AvgIpc) is 2.81. The van der Waals surface area contributed by atoms with E-state index in [-0.39, 0.29) is 12.1 Å². The van der Waals surface area contributed by atoms with Crippen molar-refractivity contribution in [2.75, 3.05) is 49.1 Å². The molecule has 1 saturated heterocycles. The molecule has 1 aliphatic heterocycles. The molecule has 2 aromatic rings. The highest BCUT2D eigenvalue weighted by atomic mass is 35.5. The first-order chi connectivity index (χ1) is 16.2. The molecule has 1 unspecified atom stereocenters. The third-order valence-corrected chi connectivity index (χ3v) is 8.13. The molecule has 8 nitrogen and oxygen atoms in total. The molecule has 1 aliphatic carbocycles. The predicted octanol–water partition coefficient (Wildman–Crippen LogP) is 5.06. The predicted molar refractivity (Wildman–Crippen MR) is 141 cm³/mol. The second kappa shape index (κ2) is 10.4. The zero-order valence-corrected chi connectivity index (χ0v) is 21.4. The number of nitrogens with one attached hydrogen (secondary N) is 2. The summed E-state index contributed by atoms with van der Waals surface area (Å²) < 4.78 is 18.4. The first kappa shape index (κ1) is 24.6. The van der Waals surface area contributed by atoms with Gasteiger partial charge in [-0.05, 0) is 44.7 Å². The van der Waals surface area contributed by atoms with E-state index >= 15 is 0 Å². The van der Waals surface area contributed by atoms with Crippen molar-refractivity contribution in [2.45, 2.75) is 31.3 Å². The van der Waals surface area contributed by atoms with Crippen LogP contribution in [-0.4, -0.2) is 55.6 Å². The number of hydrogen-bond donors (Lipinski definition) is 3. The standard InChI is InChI=1S/C24H32ClN6O2P/c1-33-21-14-17(31-12-10-16(26)11-13-31)8-9-19(21)29-24-27-15-18(25)23(30-24)28-20-6-4-5-7-22(20)34(2,3)32/h4-5,7-9,14-16,20H,6,10-13,26H2,1-3H3,(H2,27,28,29,30). The second-order valence-corrected chi connectivity index (χ2v) is 12.7. The van der Waals surface area contributed by atoms with Crippen LogP contribution in [0.25, 0.3) is 0 Å². The lowest BCUT2D eigenvalue weighted by Crippen LogP contribution is -2.39. The van der Waals surface area contributed by atoms with Crippen LogP contribution in [0.15, 0.2) is 47.9 Å². The summed E-state index contributed by atoms with van der Waals surface area (Å²) in [5.74, 6) is 1.56. The van der Waals surface area contributed by atoms with Crippen LogP contribution in [0.4, 0.5) is 23.1 Å². The minimum Gasteiger partial charge on any atom is -0.494 e. The molecule has 0 amide bonds. The molecule has 4 rings (SSSR count). The Hall–Kier alpha value is -2.54. The fraction of sp³-hybridized carbons (Fsp3) is 0.417. The maximum absolute atomic E-state index is 12.7. The highest BCUT2D eigenvalue weighted by Crippen LogP contribution is 2.50. The molecular formula is C24H32ClN6O2P. The maximum atomic E-state index is 12.7. The molecular weight excluding hydrogens is 471 g/mol. The van der Waals surface area contributed by atoms with Crippen LogP contribution < -0.4 is 26.0 Å². The van der Waals surface area contributed by atoms with Crippen LogP contribution in [-0.2, 0) is 4.57 Å². The van der Waals surface area contributed by atoms with Gasteiger partial charge in [0.2, 0.25) is 5.95 Å². The number of piperidine rings is 1. The number of nitrogens with zero attached hydrogens (tertiary/aromatic N) is 3. The zero-order chi connectivity index (χ0) is 24.3. The number of anilines is 4. The normalized spacial score (nSPS) is 19.0. The number of halogens is 1. The van der Waals surface area contributed by atoms with E-state index < -0.39 is 7.14 Å². The number of benzene rings is 1. The fourth-order valence-electron chi connectivity index (χ4n) is 4.26. The number of aromatic nitrogens is 2. The van der Waals surface area contributed by atoms with E-state index in [2.05, 4.69) is 31.6 Å². The largest absolute Gasteiger partial charge is 0.494 e. The molecule has 2 aliphatic rings. The van der Waals surface area contributed by atoms with Crippen LogP contribution >= 0.6 is 18.7 Å². The van der Waals surface area contributed by atoms with E-state index in [9.17, 15) is 4.57 Å². The molecule has 182 valence electrons. The molecule has 1 fully saturated rings. The molecule has 4 N–H and O–H groups in total. The van der Waals surface area contributed by atoms with E-state index in [1.807, 2.05) is 30.4 Å². The third-order valence-electron chi connectivity index (χ3n) is 6.15. The Morgan fingerprint density at radius 3 is 2.74 bits per heavy atom. The lowest BCUT2D eigenvalue weighted by molar-refractivity contribution is 0.416. The van der Waals surface area contributed by atoms with Crippen LogP contribution in [0.1, 0.15) is 19.3 Å². The van der Waals surface area contributed by atoms with Crippen molar-refractivity contribution in [3.8, 4) is 5.75 Å². The highest BCUT2D eigenvalue weighted by Gasteiger charge is 2.26. The van der Waals surface area contributed by atoms with Gasteiger partial charge >= 0.3 is 0 Å². The van der Waals surface area contributed by atoms with E-state index in [4.69, 9.17) is 22.1 Å². The van der Waals surface area contributed by atoms with E-state index in [0.29, 0.717) is 29.0 Å². The molecule has 1 aromatic carbocycles. The SMILES string of the molecule is COc1cc(N2CCC(N)CC2)ccc1Nc1ncc(Cl)c(NC2CC=CC=C2P(C)(C)=O)n1. The van der Waals surface area contributed by atoms with Crippen LogP contribution in [0.3, 0.4) is 0 Å². The molecule has 2 heterocycles. The third kappa shape index (κ3) is 5.74. The Morgan fingerprint density at radius 2 is 2.03 bits per heavy atom. The van der Waals surface area contributed by atoms with Gasteiger partial charge in [-0.15, -0.1) is 0 Å². The van der Waals surface area contributed by atoms with Gasteiger partial charge in [-0.3, -0.25) is 0 Å². The average molecular weight is 503 g/mol. The summed E-state index contributed by atoms with van der Waals surface area (Å²) in [6, 6.07) is 6.17. The monoisotopic (exact) mass is 502 g/mol. The number of hydrogen-bond acceptors (Lipinski definition) is 8. The van der Waals surface area contributed by atoms with Gasteiger partial charge in [0.25, 0.3) is 0 Å². The van der Waals surface area contributed by atoms with Crippen LogP contribution in [0.2, 0.25) is 5.02 Å². The van der Waals surface area contributed by atoms with E-state index in [1.54, 1.807) is 26.6 Å². The topological polar surface area (TPSA) is 105 Å². The Morgan fingerprint density at radius 1 is 1.26 bits per heavy atom. The maximum Gasteiger partial charge on any atom is 0.229 e. The summed E-state index contributed by atoms with van der Waals surface area (Å²) in [6.45, 7) is 5.41. The summed E-state index contributed by atoms with van der Waals surface area (Å²) >= 11 is 6.40. The summed E-state index contributed by atoms with van der Waals surface area (Å²) in [5, 5.41) is 7.86. The van der Waals surface area contributed by atoms with Crippen molar-refractivity contribution in [2.24, 2.45) is 5.73 Å². The van der Waals surface area contributed by atoms with Crippen LogP contribution in [0, 0.1) is 0 Å². The van der Waals surface area contributed by atoms with Gasteiger partial charge in [-0.25, -0.2) is 4.98 Å². The summed E-state index contributed by atoms with van der Waals surface area (Å²) in [6.07, 6.45) is 10.1. The summed E-state index contributed by atoms with van der Waals surface area (Å²) in [4.78, 5) is 11.2. The number of rotatable bonds is 7. The summed E-state index contributed by atoms with van der Waals surface area (Å²) in [5.41, 5.74) is 7.89. The second-order valence-electron chi connectivity index (χ2n) is 9.03. The molecule has 1 atom stereocenters. The van der Waals surface area contributed by atoms with Crippen molar-refractivity contribution >= 4 is 41.9 Å². The van der Waals surface area contributed by atoms with Crippen molar-refractivity contribution in [1.82, 2.24) is 9.97 Å². The Bertz CT molecular complexity index is 1140. The molecule has 34 heavy (non-hydrogen) atoms. The smallest absolute Gasteiger partial charge is 0.229 e. The molecule has 0 spiro atoms. The van der Waals surface area contributed by atoms with Gasteiger partial charge in [0.1, 0.15) is 17.9 Å². The quantitative estimate of drug-likeness (QED) is 0.451. The van der Waals surface area contributed by atoms with E-state index in [1.165, 1.54) is 0 Å². The van der Waals surface area contributed by atoms with Gasteiger partial charge < -0.3 is 30.6 Å². The number of allylic oxidation sites excluding steroid dienone is 2. The van der Waals surface area contributed by atoms with E-state index in [0.717, 1.165) is 42.6 Å². The Labute approximate surface area is 206 Å². The highest BCUT2D eigenvalue weighted by molar-refractivity contribution is 7.66. The van der Waals surface area contributed by atoms with Crippen molar-refractivity contribution < 1.29 is 9.30 Å². The van der Waals surface area contributed by atoms with Crippen molar-refractivity contribution in [3.63, 3.8) is 0 Å². The molecule has 0 bridgehead atoms. The molecule has 0 saturated carbocycles. The zero-order valence-electron chi connectivity index (χ0n) is 19.8. The lowest BCUT2D eigenvalue weighted by atomic mass is 10.1. The molecule has 10 heteroatoms. The molecule has 0 radical (unpaired) electrons. The van der Waals surface area contributed by atoms with Gasteiger partial charge in [0, 0.05) is 36.2 Å². The first-order valence-electron chi connectivity index (χ1n) is 11.4. The minimum atomic E-state index is -2.43. The van der Waals surface area contributed by atoms with Crippen molar-refractivity contribution in [3.05, 3.63) is 53.0 Å². The van der Waals surface area contributed by atoms with Crippen LogP contribution in [0.5, 0.6) is 5.75 Å². The van der Waals surface area contributed by atoms with Crippen molar-refractivity contribution in [1.29, 1.82) is 0 Å². The van der Waals surface area contributed by atoms with Gasteiger partial charge in [-0.1, -0.05) is 29.8 Å². The molecule has 1 aromatic heterocycles. The number of nitrogens with two attached hydrogens (primary N) is 1. The number of ether oxygens (including phenoxy) is 1. The lowest BCUT2D eigenvalue weighted by Gasteiger charge is -2.32. The van der Waals surface area contributed by atoms with Gasteiger partial charge in [0.05, 0.1) is 25.0 Å². The van der Waals surface area contributed by atoms with Gasteiger partial charge in [-0.2, -0.15) is 4.98 Å². The fourth-order valence-corrected chi connectivity index (χ4v) is 5.77.